The monoisotopic (exact) mass is 285 g/mol. The Labute approximate surface area is 102 Å². The highest BCUT2D eigenvalue weighted by atomic mass is 79.9. The first kappa shape index (κ1) is 11.4. The smallest absolute Gasteiger partial charge is 0.172 e. The highest BCUT2D eigenvalue weighted by Gasteiger charge is 2.22. The minimum absolute atomic E-state index is 0.470. The van der Waals surface area contributed by atoms with Gasteiger partial charge >= 0.3 is 0 Å². The summed E-state index contributed by atoms with van der Waals surface area (Å²) in [6.45, 7) is 1.49. The molecule has 1 heterocycles. The fourth-order valence-electron chi connectivity index (χ4n) is 1.72. The minimum atomic E-state index is 0.470. The maximum atomic E-state index is 10.9. The van der Waals surface area contributed by atoms with Gasteiger partial charge < -0.3 is 15.2 Å². The van der Waals surface area contributed by atoms with E-state index in [0.29, 0.717) is 43.2 Å². The number of carbonyl (C=O) groups is 1. The molecule has 0 unspecified atom stereocenters. The summed E-state index contributed by atoms with van der Waals surface area (Å²) < 4.78 is 11.9. The predicted octanol–water partition coefficient (Wildman–Crippen LogP) is 1.53. The third-order valence-corrected chi connectivity index (χ3v) is 3.12. The lowest BCUT2D eigenvalue weighted by molar-refractivity contribution is 0.111. The van der Waals surface area contributed by atoms with Crippen LogP contribution in [0.5, 0.6) is 11.5 Å². The van der Waals surface area contributed by atoms with Crippen molar-refractivity contribution in [3.8, 4) is 11.5 Å². The Morgan fingerprint density at radius 3 is 2.69 bits per heavy atom. The molecule has 0 radical (unpaired) electrons. The molecule has 5 heteroatoms. The molecule has 4 nitrogen and oxygen atoms in total. The molecule has 0 saturated heterocycles. The molecule has 0 spiro atoms. The SMILES string of the molecule is NCCc1c(Br)cc(C=O)c2c1OCCO2. The molecule has 1 aromatic rings. The van der Waals surface area contributed by atoms with Gasteiger partial charge in [-0.15, -0.1) is 0 Å². The second-order valence-corrected chi connectivity index (χ2v) is 4.29. The Morgan fingerprint density at radius 1 is 1.38 bits per heavy atom. The molecule has 16 heavy (non-hydrogen) atoms. The van der Waals surface area contributed by atoms with E-state index in [1.165, 1.54) is 0 Å². The zero-order valence-corrected chi connectivity index (χ0v) is 10.2. The van der Waals surface area contributed by atoms with Crippen LogP contribution in [-0.4, -0.2) is 26.0 Å². The lowest BCUT2D eigenvalue weighted by Gasteiger charge is -2.23. The topological polar surface area (TPSA) is 61.6 Å². The van der Waals surface area contributed by atoms with Gasteiger partial charge in [0.1, 0.15) is 13.2 Å². The zero-order valence-electron chi connectivity index (χ0n) is 8.66. The van der Waals surface area contributed by atoms with E-state index in [4.69, 9.17) is 15.2 Å². The molecule has 1 aromatic carbocycles. The summed E-state index contributed by atoms with van der Waals surface area (Å²) in [5.41, 5.74) is 7.01. The number of hydrogen-bond donors (Lipinski definition) is 1. The summed E-state index contributed by atoms with van der Waals surface area (Å²) >= 11 is 3.42. The first-order valence-electron chi connectivity index (χ1n) is 5.04. The van der Waals surface area contributed by atoms with E-state index in [1.807, 2.05) is 0 Å². The van der Waals surface area contributed by atoms with Crippen LogP contribution in [0.2, 0.25) is 0 Å². The minimum Gasteiger partial charge on any atom is -0.486 e. The molecule has 0 aliphatic carbocycles. The fourth-order valence-corrected chi connectivity index (χ4v) is 2.34. The van der Waals surface area contributed by atoms with E-state index in [2.05, 4.69) is 15.9 Å². The molecule has 1 aliphatic heterocycles. The average Bonchev–Trinajstić information content (AvgIpc) is 2.32. The van der Waals surface area contributed by atoms with Gasteiger partial charge in [0.2, 0.25) is 0 Å². The lowest BCUT2D eigenvalue weighted by Crippen LogP contribution is -2.19. The second kappa shape index (κ2) is 4.84. The van der Waals surface area contributed by atoms with Crippen LogP contribution in [0, 0.1) is 0 Å². The predicted molar refractivity (Wildman–Crippen MR) is 63.3 cm³/mol. The molecule has 2 rings (SSSR count). The Bertz CT molecular complexity index is 420. The maximum Gasteiger partial charge on any atom is 0.172 e. The van der Waals surface area contributed by atoms with Crippen molar-refractivity contribution >= 4 is 22.2 Å². The number of fused-ring (bicyclic) bond motifs is 1. The Kier molecular flexibility index (Phi) is 3.46. The largest absolute Gasteiger partial charge is 0.486 e. The van der Waals surface area contributed by atoms with Gasteiger partial charge in [0, 0.05) is 10.0 Å². The molecule has 0 fully saturated rings. The fraction of sp³-hybridized carbons (Fsp3) is 0.364. The molecule has 1 aliphatic rings. The molecule has 0 atom stereocenters. The first-order valence-corrected chi connectivity index (χ1v) is 5.83. The summed E-state index contributed by atoms with van der Waals surface area (Å²) in [5, 5.41) is 0. The van der Waals surface area contributed by atoms with Crippen molar-refractivity contribution in [2.75, 3.05) is 19.8 Å². The van der Waals surface area contributed by atoms with Crippen molar-refractivity contribution in [2.24, 2.45) is 5.73 Å². The number of halogens is 1. The molecule has 0 bridgehead atoms. The van der Waals surface area contributed by atoms with Crippen molar-refractivity contribution in [3.63, 3.8) is 0 Å². The Morgan fingerprint density at radius 2 is 2.06 bits per heavy atom. The van der Waals surface area contributed by atoms with Gasteiger partial charge in [0.25, 0.3) is 0 Å². The Balaban J connectivity index is 2.57. The molecular formula is C11H12BrNO3. The van der Waals surface area contributed by atoms with E-state index in [-0.39, 0.29) is 0 Å². The maximum absolute atomic E-state index is 10.9. The van der Waals surface area contributed by atoms with Crippen LogP contribution < -0.4 is 15.2 Å². The van der Waals surface area contributed by atoms with Gasteiger partial charge in [-0.1, -0.05) is 15.9 Å². The zero-order chi connectivity index (χ0) is 11.5. The van der Waals surface area contributed by atoms with Crippen LogP contribution in [0.3, 0.4) is 0 Å². The summed E-state index contributed by atoms with van der Waals surface area (Å²) in [6, 6.07) is 1.74. The van der Waals surface area contributed by atoms with E-state index in [9.17, 15) is 4.79 Å². The van der Waals surface area contributed by atoms with E-state index in [1.54, 1.807) is 6.07 Å². The van der Waals surface area contributed by atoms with E-state index >= 15 is 0 Å². The van der Waals surface area contributed by atoms with Crippen LogP contribution in [0.1, 0.15) is 15.9 Å². The summed E-state index contributed by atoms with van der Waals surface area (Å²) in [7, 11) is 0. The summed E-state index contributed by atoms with van der Waals surface area (Å²) in [4.78, 5) is 10.9. The van der Waals surface area contributed by atoms with Crippen LogP contribution >= 0.6 is 15.9 Å². The Hall–Kier alpha value is -1.07. The number of ether oxygens (including phenoxy) is 2. The molecule has 2 N–H and O–H groups in total. The van der Waals surface area contributed by atoms with Crippen molar-refractivity contribution in [2.45, 2.75) is 6.42 Å². The third kappa shape index (κ3) is 1.92. The summed E-state index contributed by atoms with van der Waals surface area (Å²) in [6.07, 6.45) is 1.45. The van der Waals surface area contributed by atoms with Crippen LogP contribution in [0.25, 0.3) is 0 Å². The van der Waals surface area contributed by atoms with E-state index in [0.717, 1.165) is 16.3 Å². The van der Waals surface area contributed by atoms with Gasteiger partial charge in [0.15, 0.2) is 17.8 Å². The molecular weight excluding hydrogens is 274 g/mol. The number of nitrogens with two attached hydrogens (primary N) is 1. The van der Waals surface area contributed by atoms with Gasteiger partial charge in [-0.05, 0) is 19.0 Å². The van der Waals surface area contributed by atoms with Crippen molar-refractivity contribution in [1.82, 2.24) is 0 Å². The van der Waals surface area contributed by atoms with Gasteiger partial charge in [-0.25, -0.2) is 0 Å². The van der Waals surface area contributed by atoms with Crippen LogP contribution in [0.4, 0.5) is 0 Å². The second-order valence-electron chi connectivity index (χ2n) is 3.44. The van der Waals surface area contributed by atoms with Crippen molar-refractivity contribution in [1.29, 1.82) is 0 Å². The van der Waals surface area contributed by atoms with Gasteiger partial charge in [0.05, 0.1) is 5.56 Å². The molecule has 86 valence electrons. The van der Waals surface area contributed by atoms with Crippen molar-refractivity contribution < 1.29 is 14.3 Å². The van der Waals surface area contributed by atoms with E-state index < -0.39 is 0 Å². The average molecular weight is 286 g/mol. The third-order valence-electron chi connectivity index (χ3n) is 2.41. The normalized spacial score (nSPS) is 13.6. The lowest BCUT2D eigenvalue weighted by atomic mass is 10.1. The van der Waals surface area contributed by atoms with Crippen molar-refractivity contribution in [3.05, 3.63) is 21.7 Å². The quantitative estimate of drug-likeness (QED) is 0.856. The number of aldehydes is 1. The number of benzene rings is 1. The number of rotatable bonds is 3. The highest BCUT2D eigenvalue weighted by molar-refractivity contribution is 9.10. The van der Waals surface area contributed by atoms with Gasteiger partial charge in [-0.2, -0.15) is 0 Å². The molecule has 0 saturated carbocycles. The molecule has 0 aromatic heterocycles. The summed E-state index contributed by atoms with van der Waals surface area (Å²) in [5.74, 6) is 1.18. The van der Waals surface area contributed by atoms with Crippen LogP contribution in [0.15, 0.2) is 10.5 Å². The number of hydrogen-bond acceptors (Lipinski definition) is 4. The highest BCUT2D eigenvalue weighted by Crippen LogP contribution is 2.40. The van der Waals surface area contributed by atoms with Crippen LogP contribution in [-0.2, 0) is 6.42 Å². The number of carbonyl (C=O) groups excluding carboxylic acids is 1. The first-order chi connectivity index (χ1) is 7.77. The standard InChI is InChI=1S/C11H12BrNO3/c12-9-5-7(6-14)10-11(8(9)1-2-13)16-4-3-15-10/h5-6H,1-4,13H2. The van der Waals surface area contributed by atoms with Gasteiger partial charge in [-0.3, -0.25) is 4.79 Å². The molecule has 0 amide bonds.